The van der Waals surface area contributed by atoms with Gasteiger partial charge < -0.3 is 25.4 Å². The van der Waals surface area contributed by atoms with E-state index in [0.29, 0.717) is 31.1 Å². The Balaban J connectivity index is 1.63. The van der Waals surface area contributed by atoms with Crippen LogP contribution in [0.25, 0.3) is 0 Å². The number of nitrogens with zero attached hydrogens (tertiary/aromatic N) is 2. The normalized spacial score (nSPS) is 16.8. The van der Waals surface area contributed by atoms with Gasteiger partial charge in [-0.05, 0) is 43.6 Å². The number of carboxylic acids is 2. The van der Waals surface area contributed by atoms with E-state index in [0.717, 1.165) is 30.1 Å². The molecule has 0 spiro atoms. The van der Waals surface area contributed by atoms with Crippen molar-refractivity contribution in [3.8, 4) is 0 Å². The molecule has 38 heavy (non-hydrogen) atoms. The van der Waals surface area contributed by atoms with Crippen molar-refractivity contribution in [2.75, 3.05) is 25.0 Å². The predicted molar refractivity (Wildman–Crippen MR) is 144 cm³/mol. The largest absolute Gasteiger partial charge is 0.481 e. The summed E-state index contributed by atoms with van der Waals surface area (Å²) in [7, 11) is 0. The molecule has 2 atom stereocenters. The van der Waals surface area contributed by atoms with E-state index in [1.165, 1.54) is 16.9 Å². The van der Waals surface area contributed by atoms with Crippen molar-refractivity contribution in [1.29, 1.82) is 0 Å². The first-order chi connectivity index (χ1) is 18.0. The number of rotatable bonds is 15. The molecule has 1 heterocycles. The van der Waals surface area contributed by atoms with Gasteiger partial charge in [0.1, 0.15) is 0 Å². The number of carboxylic acid groups (broad SMARTS) is 2. The Labute approximate surface area is 230 Å². The van der Waals surface area contributed by atoms with E-state index >= 15 is 0 Å². The first-order valence-corrected chi connectivity index (χ1v) is 13.9. The van der Waals surface area contributed by atoms with Crippen molar-refractivity contribution >= 4 is 46.0 Å². The molecule has 4 N–H and O–H groups in total. The monoisotopic (exact) mass is 567 g/mol. The van der Waals surface area contributed by atoms with E-state index in [2.05, 4.69) is 22.8 Å². The molecule has 0 aliphatic heterocycles. The Kier molecular flexibility index (Phi) is 10.1. The van der Waals surface area contributed by atoms with Gasteiger partial charge in [0.25, 0.3) is 0 Å². The van der Waals surface area contributed by atoms with Crippen LogP contribution in [0.1, 0.15) is 63.6 Å². The Morgan fingerprint density at radius 2 is 1.84 bits per heavy atom. The van der Waals surface area contributed by atoms with Crippen molar-refractivity contribution in [2.24, 2.45) is 0 Å². The van der Waals surface area contributed by atoms with Crippen LogP contribution in [0.2, 0.25) is 5.02 Å². The van der Waals surface area contributed by atoms with Gasteiger partial charge in [0.15, 0.2) is 17.0 Å². The highest BCUT2D eigenvalue weighted by atomic mass is 35.5. The maximum atomic E-state index is 12.5. The van der Waals surface area contributed by atoms with E-state index in [-0.39, 0.29) is 5.41 Å². The molecule has 1 aliphatic rings. The van der Waals surface area contributed by atoms with Crippen LogP contribution in [0.5, 0.6) is 0 Å². The number of anilines is 1. The smallest absolute Gasteiger partial charge is 0.336 e. The highest BCUT2D eigenvalue weighted by Gasteiger charge is 2.43. The van der Waals surface area contributed by atoms with E-state index in [4.69, 9.17) is 26.4 Å². The molecule has 0 bridgehead atoms. The Hall–Kier alpha value is -2.73. The number of hydrogen-bond donors (Lipinski definition) is 4. The molecular weight excluding hydrogens is 534 g/mol. The number of thiazole rings is 1. The van der Waals surface area contributed by atoms with Gasteiger partial charge >= 0.3 is 17.9 Å². The van der Waals surface area contributed by atoms with Crippen LogP contribution in [-0.4, -0.2) is 74.6 Å². The van der Waals surface area contributed by atoms with Gasteiger partial charge in [-0.1, -0.05) is 44.0 Å². The van der Waals surface area contributed by atoms with Crippen LogP contribution in [-0.2, 0) is 24.5 Å². The summed E-state index contributed by atoms with van der Waals surface area (Å²) in [4.78, 5) is 41.6. The quantitative estimate of drug-likeness (QED) is 0.184. The number of ether oxygens (including phenoxy) is 1. The molecule has 1 aliphatic carbocycles. The summed E-state index contributed by atoms with van der Waals surface area (Å²) >= 11 is 7.58. The zero-order valence-electron chi connectivity index (χ0n) is 21.5. The third-order valence-electron chi connectivity index (χ3n) is 7.03. The predicted octanol–water partition coefficient (Wildman–Crippen LogP) is 3.96. The number of carbonyl (C=O) groups excluding carboxylic acids is 1. The molecule has 0 amide bonds. The van der Waals surface area contributed by atoms with Gasteiger partial charge in [0.2, 0.25) is 0 Å². The SMILES string of the molecule is CCN(CC)C(CCNc1nc(C2(c3ccc(Cl)cc3)CCC2)cs1)OC(=O)CC(O)(CC(=O)O)C(=O)O. The van der Waals surface area contributed by atoms with Crippen molar-refractivity contribution in [3.05, 3.63) is 45.9 Å². The minimum atomic E-state index is -2.74. The fourth-order valence-electron chi connectivity index (χ4n) is 4.71. The standard InChI is InChI=1S/C26H34ClN3O7S/c1-3-30(4-2)20(37-22(33)15-26(36,23(34)35)14-21(31)32)10-13-28-24-29-19(16-38-24)25(11-5-12-25)17-6-8-18(27)9-7-17/h6-9,16,20,36H,3-5,10-15H2,1-2H3,(H,28,29)(H,31,32)(H,34,35). The van der Waals surface area contributed by atoms with E-state index < -0.39 is 42.6 Å². The summed E-state index contributed by atoms with van der Waals surface area (Å²) in [5, 5.41) is 35.2. The number of aliphatic hydroxyl groups is 1. The number of hydrogen-bond acceptors (Lipinski definition) is 9. The van der Waals surface area contributed by atoms with Crippen molar-refractivity contribution in [3.63, 3.8) is 0 Å². The summed E-state index contributed by atoms with van der Waals surface area (Å²) < 4.78 is 5.52. The minimum absolute atomic E-state index is 0.114. The molecule has 3 rings (SSSR count). The van der Waals surface area contributed by atoms with Crippen LogP contribution < -0.4 is 5.32 Å². The topological polar surface area (TPSA) is 149 Å². The van der Waals surface area contributed by atoms with Crippen LogP contribution >= 0.6 is 22.9 Å². The summed E-state index contributed by atoms with van der Waals surface area (Å²) in [6, 6.07) is 7.91. The van der Waals surface area contributed by atoms with Gasteiger partial charge in [-0.25, -0.2) is 9.78 Å². The van der Waals surface area contributed by atoms with Crippen molar-refractivity contribution in [1.82, 2.24) is 9.88 Å². The van der Waals surface area contributed by atoms with Crippen molar-refractivity contribution in [2.45, 2.75) is 69.6 Å². The van der Waals surface area contributed by atoms with E-state index in [9.17, 15) is 24.6 Å². The summed E-state index contributed by atoms with van der Waals surface area (Å²) in [5.74, 6) is -4.31. The number of esters is 1. The lowest BCUT2D eigenvalue weighted by molar-refractivity contribution is -0.177. The molecular formula is C26H34ClN3O7S. The maximum Gasteiger partial charge on any atom is 0.336 e. The lowest BCUT2D eigenvalue weighted by atomic mass is 9.63. The zero-order chi connectivity index (χ0) is 27.9. The Morgan fingerprint density at radius 3 is 2.37 bits per heavy atom. The highest BCUT2D eigenvalue weighted by Crippen LogP contribution is 2.49. The summed E-state index contributed by atoms with van der Waals surface area (Å²) in [6.07, 6.45) is 0.754. The molecule has 208 valence electrons. The molecule has 2 aromatic rings. The first kappa shape index (κ1) is 29.8. The van der Waals surface area contributed by atoms with Gasteiger partial charge in [-0.2, -0.15) is 0 Å². The fourth-order valence-corrected chi connectivity index (χ4v) is 5.68. The zero-order valence-corrected chi connectivity index (χ0v) is 23.1. The maximum absolute atomic E-state index is 12.5. The summed E-state index contributed by atoms with van der Waals surface area (Å²) in [6.45, 7) is 5.36. The number of aliphatic carboxylic acids is 2. The second kappa shape index (κ2) is 12.9. The first-order valence-electron chi connectivity index (χ1n) is 12.6. The number of nitrogens with one attached hydrogen (secondary N) is 1. The number of carbonyl (C=O) groups is 3. The molecule has 1 aromatic carbocycles. The van der Waals surface area contributed by atoms with Crippen molar-refractivity contribution < 1.29 is 34.4 Å². The van der Waals surface area contributed by atoms with E-state index in [1.54, 1.807) is 0 Å². The molecule has 1 saturated carbocycles. The van der Waals surface area contributed by atoms with Crippen LogP contribution in [0.15, 0.2) is 29.6 Å². The van der Waals surface area contributed by atoms with Crippen LogP contribution in [0, 0.1) is 0 Å². The molecule has 1 fully saturated rings. The van der Waals surface area contributed by atoms with Gasteiger partial charge in [-0.15, -0.1) is 11.3 Å². The Morgan fingerprint density at radius 1 is 1.18 bits per heavy atom. The third kappa shape index (κ3) is 7.02. The fraction of sp³-hybridized carbons (Fsp3) is 0.538. The summed E-state index contributed by atoms with van der Waals surface area (Å²) in [5.41, 5.74) is -0.648. The number of benzene rings is 1. The second-order valence-electron chi connectivity index (χ2n) is 9.45. The number of halogens is 1. The lowest BCUT2D eigenvalue weighted by Crippen LogP contribution is -2.45. The van der Waals surface area contributed by atoms with Gasteiger partial charge in [0, 0.05) is 28.8 Å². The molecule has 0 radical (unpaired) electrons. The van der Waals surface area contributed by atoms with E-state index in [1.807, 2.05) is 30.9 Å². The van der Waals surface area contributed by atoms with Crippen LogP contribution in [0.3, 0.4) is 0 Å². The molecule has 12 heteroatoms. The van der Waals surface area contributed by atoms with Gasteiger partial charge in [-0.3, -0.25) is 14.5 Å². The van der Waals surface area contributed by atoms with Gasteiger partial charge in [0.05, 0.1) is 18.5 Å². The minimum Gasteiger partial charge on any atom is -0.481 e. The highest BCUT2D eigenvalue weighted by molar-refractivity contribution is 7.13. The number of aromatic nitrogens is 1. The lowest BCUT2D eigenvalue weighted by Gasteiger charge is -2.41. The second-order valence-corrected chi connectivity index (χ2v) is 10.7. The molecule has 10 nitrogen and oxygen atoms in total. The average Bonchev–Trinajstić information content (AvgIpc) is 3.28. The molecule has 2 unspecified atom stereocenters. The Bertz CT molecular complexity index is 1120. The molecule has 0 saturated heterocycles. The average molecular weight is 568 g/mol. The van der Waals surface area contributed by atoms with Crippen LogP contribution in [0.4, 0.5) is 5.13 Å². The third-order valence-corrected chi connectivity index (χ3v) is 8.08. The molecule has 1 aromatic heterocycles.